The van der Waals surface area contributed by atoms with E-state index in [1.165, 1.54) is 19.2 Å². The van der Waals surface area contributed by atoms with E-state index >= 15 is 0 Å². The molecule has 0 spiro atoms. The Balaban J connectivity index is 1.53. The van der Waals surface area contributed by atoms with E-state index in [4.69, 9.17) is 14.2 Å². The van der Waals surface area contributed by atoms with Gasteiger partial charge in [0.25, 0.3) is 5.69 Å². The first-order valence-corrected chi connectivity index (χ1v) is 12.4. The number of nitrogens with zero attached hydrogens (tertiary/aromatic N) is 1. The Hall–Kier alpha value is -4.92. The number of carbonyl (C=O) groups is 2. The standard InChI is InChI=1S/C30H26N2O7/c1-4-38-24-15-19(11-14-23(24)39-16-18-9-12-20(13-10-18)32(35)36)26-25(30(34)37-3)17(2)31-28-21-7-5-6-8-22(21)29(33)27(26)28/h5-15,26,31H,4,16H2,1-3H3. The number of hydrogen-bond donors (Lipinski definition) is 1. The molecule has 1 atom stereocenters. The highest BCUT2D eigenvalue weighted by Crippen LogP contribution is 2.48. The third-order valence-electron chi connectivity index (χ3n) is 6.80. The predicted molar refractivity (Wildman–Crippen MR) is 143 cm³/mol. The van der Waals surface area contributed by atoms with E-state index in [9.17, 15) is 19.7 Å². The van der Waals surface area contributed by atoms with Crippen molar-refractivity contribution in [2.45, 2.75) is 26.4 Å². The summed E-state index contributed by atoms with van der Waals surface area (Å²) in [6.45, 7) is 4.17. The second kappa shape index (κ2) is 10.4. The average molecular weight is 527 g/mol. The van der Waals surface area contributed by atoms with Crippen LogP contribution in [0.5, 0.6) is 11.5 Å². The van der Waals surface area contributed by atoms with Crippen LogP contribution in [0.25, 0.3) is 5.70 Å². The van der Waals surface area contributed by atoms with E-state index in [2.05, 4.69) is 5.32 Å². The number of carbonyl (C=O) groups excluding carboxylic acids is 2. The lowest BCUT2D eigenvalue weighted by atomic mass is 9.79. The first-order valence-electron chi connectivity index (χ1n) is 12.4. The molecule has 0 amide bonds. The van der Waals surface area contributed by atoms with Crippen LogP contribution >= 0.6 is 0 Å². The van der Waals surface area contributed by atoms with Crippen LogP contribution in [0.1, 0.15) is 46.8 Å². The molecule has 1 unspecified atom stereocenters. The largest absolute Gasteiger partial charge is 0.490 e. The summed E-state index contributed by atoms with van der Waals surface area (Å²) in [7, 11) is 1.32. The number of esters is 1. The van der Waals surface area contributed by atoms with Gasteiger partial charge in [-0.25, -0.2) is 4.79 Å². The number of methoxy groups -OCH3 is 1. The Bertz CT molecular complexity index is 1550. The fourth-order valence-electron chi connectivity index (χ4n) is 5.01. The smallest absolute Gasteiger partial charge is 0.336 e. The third-order valence-corrected chi connectivity index (χ3v) is 6.80. The Morgan fingerprint density at radius 2 is 1.72 bits per heavy atom. The number of nitro benzene ring substituents is 1. The van der Waals surface area contributed by atoms with Gasteiger partial charge in [0.15, 0.2) is 17.3 Å². The summed E-state index contributed by atoms with van der Waals surface area (Å²) < 4.78 is 17.0. The van der Waals surface area contributed by atoms with Crippen LogP contribution in [0.2, 0.25) is 0 Å². The summed E-state index contributed by atoms with van der Waals surface area (Å²) in [4.78, 5) is 37.1. The van der Waals surface area contributed by atoms with E-state index in [1.54, 1.807) is 43.3 Å². The zero-order chi connectivity index (χ0) is 27.7. The quantitative estimate of drug-likeness (QED) is 0.238. The molecule has 1 N–H and O–H groups in total. The number of dihydropyridines is 1. The number of benzene rings is 3. The van der Waals surface area contributed by atoms with Gasteiger partial charge in [-0.3, -0.25) is 14.9 Å². The minimum absolute atomic E-state index is 0.00197. The highest BCUT2D eigenvalue weighted by Gasteiger charge is 2.43. The normalized spacial score (nSPS) is 15.9. The maximum Gasteiger partial charge on any atom is 0.336 e. The van der Waals surface area contributed by atoms with E-state index < -0.39 is 16.8 Å². The van der Waals surface area contributed by atoms with Crippen LogP contribution in [-0.4, -0.2) is 30.4 Å². The summed E-state index contributed by atoms with van der Waals surface area (Å²) >= 11 is 0. The zero-order valence-electron chi connectivity index (χ0n) is 21.6. The van der Waals surface area contributed by atoms with Crippen molar-refractivity contribution in [1.82, 2.24) is 5.32 Å². The van der Waals surface area contributed by atoms with Crippen molar-refractivity contribution in [2.75, 3.05) is 13.7 Å². The van der Waals surface area contributed by atoms with Crippen LogP contribution in [0, 0.1) is 10.1 Å². The van der Waals surface area contributed by atoms with Crippen LogP contribution in [0.3, 0.4) is 0 Å². The summed E-state index contributed by atoms with van der Waals surface area (Å²) in [6.07, 6.45) is 0. The van der Waals surface area contributed by atoms with Gasteiger partial charge in [-0.15, -0.1) is 0 Å². The van der Waals surface area contributed by atoms with Crippen LogP contribution in [-0.2, 0) is 16.1 Å². The number of ketones is 1. The molecule has 1 aliphatic carbocycles. The molecule has 9 nitrogen and oxygen atoms in total. The average Bonchev–Trinajstić information content (AvgIpc) is 3.22. The maximum absolute atomic E-state index is 13.6. The third kappa shape index (κ3) is 4.63. The van der Waals surface area contributed by atoms with Crippen molar-refractivity contribution in [3.8, 4) is 11.5 Å². The molecule has 3 aromatic carbocycles. The summed E-state index contributed by atoms with van der Waals surface area (Å²) in [5.41, 5.74) is 4.91. The first-order chi connectivity index (χ1) is 18.8. The zero-order valence-corrected chi connectivity index (χ0v) is 21.6. The van der Waals surface area contributed by atoms with Crippen molar-refractivity contribution >= 4 is 23.1 Å². The lowest BCUT2D eigenvalue weighted by Crippen LogP contribution is -2.29. The van der Waals surface area contributed by atoms with Gasteiger partial charge in [0, 0.05) is 40.4 Å². The molecule has 0 saturated heterocycles. The number of allylic oxidation sites excluding steroid dienone is 2. The Kier molecular flexibility index (Phi) is 6.89. The second-order valence-corrected chi connectivity index (χ2v) is 9.10. The van der Waals surface area contributed by atoms with Gasteiger partial charge in [-0.1, -0.05) is 30.3 Å². The second-order valence-electron chi connectivity index (χ2n) is 9.10. The topological polar surface area (TPSA) is 117 Å². The molecule has 198 valence electrons. The van der Waals surface area contributed by atoms with Crippen LogP contribution < -0.4 is 14.8 Å². The highest BCUT2D eigenvalue weighted by atomic mass is 16.6. The molecular formula is C30H26N2O7. The van der Waals surface area contributed by atoms with E-state index in [0.29, 0.717) is 51.8 Å². The Morgan fingerprint density at radius 3 is 2.38 bits per heavy atom. The van der Waals surface area contributed by atoms with Gasteiger partial charge in [-0.05, 0) is 49.2 Å². The molecule has 0 saturated carbocycles. The highest BCUT2D eigenvalue weighted by molar-refractivity contribution is 6.23. The molecule has 0 fully saturated rings. The van der Waals surface area contributed by atoms with Crippen LogP contribution in [0.4, 0.5) is 5.69 Å². The number of rotatable bonds is 8. The predicted octanol–water partition coefficient (Wildman–Crippen LogP) is 5.31. The molecule has 3 aromatic rings. The van der Waals surface area contributed by atoms with Crippen molar-refractivity contribution in [2.24, 2.45) is 0 Å². The molecule has 1 aliphatic heterocycles. The fourth-order valence-corrected chi connectivity index (χ4v) is 5.01. The number of ether oxygens (including phenoxy) is 3. The molecule has 0 radical (unpaired) electrons. The van der Waals surface area contributed by atoms with E-state index in [0.717, 1.165) is 11.1 Å². The number of fused-ring (bicyclic) bond motifs is 2. The monoisotopic (exact) mass is 526 g/mol. The number of hydrogen-bond acceptors (Lipinski definition) is 8. The molecule has 39 heavy (non-hydrogen) atoms. The molecule has 5 rings (SSSR count). The Labute approximate surface area is 224 Å². The van der Waals surface area contributed by atoms with Gasteiger partial charge >= 0.3 is 5.97 Å². The molecule has 0 bridgehead atoms. The summed E-state index contributed by atoms with van der Waals surface area (Å²) in [6, 6.07) is 18.8. The number of nitrogens with one attached hydrogen (secondary N) is 1. The summed E-state index contributed by atoms with van der Waals surface area (Å²) in [5, 5.41) is 14.2. The van der Waals surface area contributed by atoms with Gasteiger partial charge in [0.2, 0.25) is 0 Å². The maximum atomic E-state index is 13.6. The lowest BCUT2D eigenvalue weighted by Gasteiger charge is -2.29. The van der Waals surface area contributed by atoms with Crippen molar-refractivity contribution < 1.29 is 28.7 Å². The minimum Gasteiger partial charge on any atom is -0.490 e. The van der Waals surface area contributed by atoms with Crippen molar-refractivity contribution in [1.29, 1.82) is 0 Å². The van der Waals surface area contributed by atoms with Gasteiger partial charge in [0.05, 0.1) is 29.9 Å². The van der Waals surface area contributed by atoms with E-state index in [1.807, 2.05) is 25.1 Å². The number of nitro groups is 1. The molecular weight excluding hydrogens is 500 g/mol. The lowest BCUT2D eigenvalue weighted by molar-refractivity contribution is -0.384. The van der Waals surface area contributed by atoms with Gasteiger partial charge in [-0.2, -0.15) is 0 Å². The Morgan fingerprint density at radius 1 is 1.00 bits per heavy atom. The molecule has 0 aromatic heterocycles. The van der Waals surface area contributed by atoms with E-state index in [-0.39, 0.29) is 18.1 Å². The van der Waals surface area contributed by atoms with Gasteiger partial charge in [0.1, 0.15) is 6.61 Å². The minimum atomic E-state index is -0.684. The number of Topliss-reactive ketones (excluding diaryl/α,β-unsaturated/α-hetero) is 1. The molecule has 2 aliphatic rings. The van der Waals surface area contributed by atoms with Gasteiger partial charge < -0.3 is 19.5 Å². The van der Waals surface area contributed by atoms with Crippen molar-refractivity contribution in [3.63, 3.8) is 0 Å². The van der Waals surface area contributed by atoms with Crippen LogP contribution in [0.15, 0.2) is 83.6 Å². The number of non-ortho nitro benzene ring substituents is 1. The first kappa shape index (κ1) is 25.7. The SMILES string of the molecule is CCOc1cc(C2C(C(=O)OC)=C(C)NC3=C2C(=O)c2ccccc23)ccc1OCc1ccc([N+](=O)[O-])cc1. The van der Waals surface area contributed by atoms with Crippen molar-refractivity contribution in [3.05, 3.63) is 116 Å². The fraction of sp³-hybridized carbons (Fsp3) is 0.200. The molecule has 9 heteroatoms. The summed E-state index contributed by atoms with van der Waals surface area (Å²) in [5.74, 6) is -0.456. The molecule has 1 heterocycles.